The molecule has 0 unspecified atom stereocenters. The summed E-state index contributed by atoms with van der Waals surface area (Å²) < 4.78 is 4.81. The molecule has 3 aromatic rings. The van der Waals surface area contributed by atoms with E-state index in [9.17, 15) is 4.79 Å². The van der Waals surface area contributed by atoms with Crippen LogP contribution in [-0.4, -0.2) is 14.3 Å². The van der Waals surface area contributed by atoms with E-state index in [2.05, 4.69) is 14.3 Å². The molecule has 0 aliphatic rings. The lowest BCUT2D eigenvalue weighted by Gasteiger charge is -1.97. The smallest absolute Gasteiger partial charge is 0.270 e. The largest absolute Gasteiger partial charge is 0.312 e. The number of hydrogen-bond acceptors (Lipinski definition) is 4. The van der Waals surface area contributed by atoms with Gasteiger partial charge in [-0.2, -0.15) is 4.37 Å². The predicted octanol–water partition coefficient (Wildman–Crippen LogP) is 2.70. The number of aromatic nitrogens is 3. The van der Waals surface area contributed by atoms with Crippen molar-refractivity contribution in [2.24, 2.45) is 0 Å². The Morgan fingerprint density at radius 2 is 2.00 bits per heavy atom. The van der Waals surface area contributed by atoms with Gasteiger partial charge in [0, 0.05) is 10.6 Å². The molecule has 0 spiro atoms. The summed E-state index contributed by atoms with van der Waals surface area (Å²) in [6.07, 6.45) is 1.39. The molecule has 0 bridgehead atoms. The van der Waals surface area contributed by atoms with Gasteiger partial charge in [-0.05, 0) is 23.7 Å². The van der Waals surface area contributed by atoms with E-state index in [4.69, 9.17) is 11.6 Å². The zero-order valence-electron chi connectivity index (χ0n) is 8.48. The van der Waals surface area contributed by atoms with Crippen molar-refractivity contribution in [1.82, 2.24) is 14.3 Å². The summed E-state index contributed by atoms with van der Waals surface area (Å²) in [6, 6.07) is 7.30. The molecule has 3 rings (SSSR count). The molecule has 1 N–H and O–H groups in total. The fourth-order valence-corrected chi connectivity index (χ4v) is 2.45. The molecule has 0 radical (unpaired) electrons. The molecule has 84 valence electrons. The SMILES string of the molecule is O=c1[nH]cnc2c(-c3ccc(Cl)cc3)nsc12. The monoisotopic (exact) mass is 263 g/mol. The fraction of sp³-hybridized carbons (Fsp3) is 0. The van der Waals surface area contributed by atoms with Crippen LogP contribution in [0.4, 0.5) is 0 Å². The average Bonchev–Trinajstić information content (AvgIpc) is 2.75. The molecule has 2 aromatic heterocycles. The summed E-state index contributed by atoms with van der Waals surface area (Å²) in [6.45, 7) is 0. The first-order valence-corrected chi connectivity index (χ1v) is 6.00. The van der Waals surface area contributed by atoms with Crippen LogP contribution in [0.2, 0.25) is 5.02 Å². The molecule has 6 heteroatoms. The summed E-state index contributed by atoms with van der Waals surface area (Å²) >= 11 is 6.98. The Labute approximate surface area is 105 Å². The van der Waals surface area contributed by atoms with Crippen LogP contribution in [0.3, 0.4) is 0 Å². The van der Waals surface area contributed by atoms with E-state index in [1.165, 1.54) is 6.33 Å². The Balaban J connectivity index is 2.28. The topological polar surface area (TPSA) is 58.6 Å². The zero-order valence-corrected chi connectivity index (χ0v) is 10.0. The molecule has 0 aliphatic carbocycles. The van der Waals surface area contributed by atoms with Crippen molar-refractivity contribution in [2.75, 3.05) is 0 Å². The zero-order chi connectivity index (χ0) is 11.8. The lowest BCUT2D eigenvalue weighted by molar-refractivity contribution is 1.18. The third kappa shape index (κ3) is 1.73. The first-order chi connectivity index (χ1) is 8.25. The molecular formula is C11H6ClN3OS. The molecular weight excluding hydrogens is 258 g/mol. The van der Waals surface area contributed by atoms with Crippen LogP contribution in [0.25, 0.3) is 21.5 Å². The molecule has 1 aromatic carbocycles. The normalized spacial score (nSPS) is 10.9. The number of nitrogens with zero attached hydrogens (tertiary/aromatic N) is 2. The maximum absolute atomic E-state index is 11.5. The van der Waals surface area contributed by atoms with Gasteiger partial charge in [0.2, 0.25) is 0 Å². The highest BCUT2D eigenvalue weighted by Gasteiger charge is 2.11. The molecule has 4 nitrogen and oxygen atoms in total. The van der Waals surface area contributed by atoms with Gasteiger partial charge in [0.1, 0.15) is 15.9 Å². The van der Waals surface area contributed by atoms with Gasteiger partial charge in [0.25, 0.3) is 5.56 Å². The number of nitrogens with one attached hydrogen (secondary N) is 1. The maximum atomic E-state index is 11.5. The third-order valence-electron chi connectivity index (χ3n) is 2.38. The summed E-state index contributed by atoms with van der Waals surface area (Å²) in [5, 5.41) is 0.666. The van der Waals surface area contributed by atoms with E-state index in [-0.39, 0.29) is 5.56 Å². The number of H-pyrrole nitrogens is 1. The Bertz CT molecular complexity index is 732. The molecule has 0 aliphatic heterocycles. The van der Waals surface area contributed by atoms with Crippen LogP contribution in [0, 0.1) is 0 Å². The Morgan fingerprint density at radius 3 is 2.76 bits per heavy atom. The average molecular weight is 264 g/mol. The quantitative estimate of drug-likeness (QED) is 0.734. The number of hydrogen-bond donors (Lipinski definition) is 1. The lowest BCUT2D eigenvalue weighted by atomic mass is 10.1. The molecule has 0 fully saturated rings. The Hall–Kier alpha value is -1.72. The van der Waals surface area contributed by atoms with Gasteiger partial charge in [-0.1, -0.05) is 23.7 Å². The van der Waals surface area contributed by atoms with E-state index in [1.807, 2.05) is 12.1 Å². The van der Waals surface area contributed by atoms with Crippen LogP contribution >= 0.6 is 23.1 Å². The minimum Gasteiger partial charge on any atom is -0.312 e. The minimum absolute atomic E-state index is 0.160. The first kappa shape index (κ1) is 10.4. The maximum Gasteiger partial charge on any atom is 0.270 e. The van der Waals surface area contributed by atoms with Crippen molar-refractivity contribution in [3.63, 3.8) is 0 Å². The summed E-state index contributed by atoms with van der Waals surface area (Å²) in [5.74, 6) is 0. The highest BCUT2D eigenvalue weighted by Crippen LogP contribution is 2.27. The van der Waals surface area contributed by atoms with E-state index >= 15 is 0 Å². The predicted molar refractivity (Wildman–Crippen MR) is 68.5 cm³/mol. The number of rotatable bonds is 1. The van der Waals surface area contributed by atoms with E-state index in [0.29, 0.717) is 20.9 Å². The highest BCUT2D eigenvalue weighted by molar-refractivity contribution is 7.13. The van der Waals surface area contributed by atoms with Gasteiger partial charge in [-0.15, -0.1) is 0 Å². The van der Waals surface area contributed by atoms with Gasteiger partial charge in [-0.25, -0.2) is 4.98 Å². The van der Waals surface area contributed by atoms with Gasteiger partial charge in [0.05, 0.1) is 6.33 Å². The van der Waals surface area contributed by atoms with E-state index in [1.54, 1.807) is 12.1 Å². The second-order valence-electron chi connectivity index (χ2n) is 3.45. The number of halogens is 1. The summed E-state index contributed by atoms with van der Waals surface area (Å²) in [5.41, 5.74) is 2.08. The second-order valence-corrected chi connectivity index (χ2v) is 4.66. The van der Waals surface area contributed by atoms with Gasteiger partial charge in [0.15, 0.2) is 0 Å². The molecule has 17 heavy (non-hydrogen) atoms. The van der Waals surface area contributed by atoms with E-state index in [0.717, 1.165) is 17.1 Å². The second kappa shape index (κ2) is 3.94. The van der Waals surface area contributed by atoms with Gasteiger partial charge in [-0.3, -0.25) is 4.79 Å². The Morgan fingerprint density at radius 1 is 1.24 bits per heavy atom. The van der Waals surface area contributed by atoms with Crippen molar-refractivity contribution >= 4 is 33.4 Å². The van der Waals surface area contributed by atoms with Crippen molar-refractivity contribution < 1.29 is 0 Å². The van der Waals surface area contributed by atoms with Gasteiger partial charge >= 0.3 is 0 Å². The highest BCUT2D eigenvalue weighted by atomic mass is 35.5. The van der Waals surface area contributed by atoms with Crippen molar-refractivity contribution in [1.29, 1.82) is 0 Å². The van der Waals surface area contributed by atoms with Crippen LogP contribution in [0.5, 0.6) is 0 Å². The Kier molecular flexibility index (Phi) is 2.42. The number of benzene rings is 1. The number of aromatic amines is 1. The van der Waals surface area contributed by atoms with Crippen molar-refractivity contribution in [3.05, 3.63) is 46.0 Å². The standard InChI is InChI=1S/C11H6ClN3OS/c12-7-3-1-6(2-4-7)8-9-10(17-15-8)11(16)14-5-13-9/h1-5H,(H,13,14,16). The molecule has 0 saturated heterocycles. The molecule has 0 saturated carbocycles. The van der Waals surface area contributed by atoms with Gasteiger partial charge < -0.3 is 4.98 Å². The molecule has 0 amide bonds. The summed E-state index contributed by atoms with van der Waals surface area (Å²) in [7, 11) is 0. The van der Waals surface area contributed by atoms with Crippen LogP contribution in [0.15, 0.2) is 35.4 Å². The third-order valence-corrected chi connectivity index (χ3v) is 3.47. The van der Waals surface area contributed by atoms with E-state index < -0.39 is 0 Å². The van der Waals surface area contributed by atoms with Crippen LogP contribution in [-0.2, 0) is 0 Å². The summed E-state index contributed by atoms with van der Waals surface area (Å²) in [4.78, 5) is 18.2. The molecule has 2 heterocycles. The number of fused-ring (bicyclic) bond motifs is 1. The minimum atomic E-state index is -0.160. The first-order valence-electron chi connectivity index (χ1n) is 4.85. The lowest BCUT2D eigenvalue weighted by Crippen LogP contribution is -2.03. The van der Waals surface area contributed by atoms with Crippen molar-refractivity contribution in [2.45, 2.75) is 0 Å². The fourth-order valence-electron chi connectivity index (χ4n) is 1.57. The van der Waals surface area contributed by atoms with Crippen molar-refractivity contribution in [3.8, 4) is 11.3 Å². The van der Waals surface area contributed by atoms with Crippen LogP contribution in [0.1, 0.15) is 0 Å². The van der Waals surface area contributed by atoms with Crippen LogP contribution < -0.4 is 5.56 Å². The molecule has 0 atom stereocenters.